The number of hydrogen-bond acceptors (Lipinski definition) is 10. The number of para-hydroxylation sites is 1. The van der Waals surface area contributed by atoms with Gasteiger partial charge in [0.1, 0.15) is 30.1 Å². The number of methoxy groups -OCH3 is 1. The van der Waals surface area contributed by atoms with Gasteiger partial charge in [-0.25, -0.2) is 9.36 Å². The van der Waals surface area contributed by atoms with Crippen molar-refractivity contribution in [2.45, 2.75) is 50.5 Å². The molecule has 34 heavy (non-hydrogen) atoms. The molecule has 2 aromatic rings. The maximum Gasteiger partial charge on any atom is 0.459 e. The van der Waals surface area contributed by atoms with E-state index in [1.807, 2.05) is 4.98 Å². The van der Waals surface area contributed by atoms with Crippen molar-refractivity contribution in [3.63, 3.8) is 0 Å². The number of aliphatic hydroxyl groups excluding tert-OH is 2. The lowest BCUT2D eigenvalue weighted by Gasteiger charge is -2.28. The smallest absolute Gasteiger partial charge is 0.459 e. The van der Waals surface area contributed by atoms with Crippen molar-refractivity contribution in [3.05, 3.63) is 63.4 Å². The van der Waals surface area contributed by atoms with Gasteiger partial charge in [0.2, 0.25) is 0 Å². The van der Waals surface area contributed by atoms with E-state index in [1.165, 1.54) is 26.0 Å². The molecule has 13 nitrogen and oxygen atoms in total. The molecule has 14 heteroatoms. The molecule has 1 aromatic heterocycles. The van der Waals surface area contributed by atoms with E-state index in [0.717, 1.165) is 23.9 Å². The average Bonchev–Trinajstić information content (AvgIpc) is 3.08. The Morgan fingerprint density at radius 1 is 1.18 bits per heavy atom. The predicted octanol–water partition coefficient (Wildman–Crippen LogP) is -0.101. The van der Waals surface area contributed by atoms with Gasteiger partial charge >= 0.3 is 19.4 Å². The first kappa shape index (κ1) is 25.8. The minimum Gasteiger partial charge on any atom is -0.468 e. The van der Waals surface area contributed by atoms with Crippen LogP contribution in [0.4, 0.5) is 0 Å². The normalized spacial score (nSPS) is 25.8. The summed E-state index contributed by atoms with van der Waals surface area (Å²) in [6.45, 7) is 2.80. The van der Waals surface area contributed by atoms with Crippen molar-refractivity contribution in [1.82, 2.24) is 14.6 Å². The second kappa shape index (κ2) is 10.6. The van der Waals surface area contributed by atoms with Gasteiger partial charge in [-0.05, 0) is 26.0 Å². The van der Waals surface area contributed by atoms with Gasteiger partial charge < -0.3 is 24.2 Å². The summed E-state index contributed by atoms with van der Waals surface area (Å²) in [6, 6.07) is 8.01. The monoisotopic (exact) mass is 499 g/mol. The van der Waals surface area contributed by atoms with Crippen LogP contribution in [0.2, 0.25) is 0 Å². The Labute approximate surface area is 193 Å². The van der Waals surface area contributed by atoms with E-state index >= 15 is 0 Å². The zero-order chi connectivity index (χ0) is 25.0. The van der Waals surface area contributed by atoms with E-state index in [2.05, 4.69) is 9.82 Å². The minimum absolute atomic E-state index is 0.174. The number of aromatic amines is 1. The molecular formula is C20H26N3O10P. The summed E-state index contributed by atoms with van der Waals surface area (Å²) in [7, 11) is -3.10. The second-order valence-corrected chi connectivity index (χ2v) is 9.22. The molecule has 1 aliphatic heterocycles. The molecular weight excluding hydrogens is 473 g/mol. The second-order valence-electron chi connectivity index (χ2n) is 7.58. The molecule has 0 aliphatic carbocycles. The number of carbonyl (C=O) groups is 1. The van der Waals surface area contributed by atoms with E-state index < -0.39 is 61.7 Å². The molecule has 7 atom stereocenters. The molecule has 1 fully saturated rings. The number of benzene rings is 1. The van der Waals surface area contributed by atoms with Gasteiger partial charge in [0, 0.05) is 12.3 Å². The zero-order valence-electron chi connectivity index (χ0n) is 18.6. The van der Waals surface area contributed by atoms with Gasteiger partial charge in [0.15, 0.2) is 6.23 Å². The van der Waals surface area contributed by atoms with Crippen LogP contribution >= 0.6 is 7.75 Å². The topological polar surface area (TPSA) is 178 Å². The van der Waals surface area contributed by atoms with Crippen LogP contribution in [-0.4, -0.2) is 63.3 Å². The third kappa shape index (κ3) is 5.81. The lowest BCUT2D eigenvalue weighted by molar-refractivity contribution is -0.142. The number of rotatable bonds is 9. The van der Waals surface area contributed by atoms with Gasteiger partial charge in [-0.15, -0.1) is 0 Å². The van der Waals surface area contributed by atoms with Crippen molar-refractivity contribution < 1.29 is 38.1 Å². The van der Waals surface area contributed by atoms with Gasteiger partial charge in [-0.1, -0.05) is 18.2 Å². The molecule has 186 valence electrons. The standard InChI is InChI=1S/C20H26N3O10P/c1-11(19(27)30-3)22-34(29,33-13-7-5-4-6-8-13)32-12(2)17-15(25)16(26)18(31-17)23-10-9-14(24)21-20(23)28/h4-12,15-18,25-26H,1-3H3,(H,22,29)(H,21,24,28). The van der Waals surface area contributed by atoms with Crippen LogP contribution < -0.4 is 20.9 Å². The fraction of sp³-hybridized carbons (Fsp3) is 0.450. The third-order valence-corrected chi connectivity index (χ3v) is 6.81. The SMILES string of the molecule is COC(=O)C(C)NP(=O)(Oc1ccccc1)OC(C)C1OC(n2ccc(=O)[nH]c2=O)C(O)C1O. The van der Waals surface area contributed by atoms with Crippen molar-refractivity contribution in [1.29, 1.82) is 0 Å². The number of nitrogens with zero attached hydrogens (tertiary/aromatic N) is 1. The van der Waals surface area contributed by atoms with Crippen LogP contribution in [0.25, 0.3) is 0 Å². The van der Waals surface area contributed by atoms with Gasteiger partial charge in [0.05, 0.1) is 13.2 Å². The molecule has 7 unspecified atom stereocenters. The first-order valence-electron chi connectivity index (χ1n) is 10.3. The van der Waals surface area contributed by atoms with Crippen LogP contribution in [0.3, 0.4) is 0 Å². The largest absolute Gasteiger partial charge is 0.468 e. The van der Waals surface area contributed by atoms with E-state index in [9.17, 15) is 29.2 Å². The minimum atomic E-state index is -4.27. The Kier molecular flexibility index (Phi) is 8.08. The summed E-state index contributed by atoms with van der Waals surface area (Å²) in [5.41, 5.74) is -1.50. The number of carbonyl (C=O) groups excluding carboxylic acids is 1. The predicted molar refractivity (Wildman–Crippen MR) is 117 cm³/mol. The maximum absolute atomic E-state index is 13.6. The van der Waals surface area contributed by atoms with Crippen LogP contribution in [-0.2, 0) is 23.4 Å². The van der Waals surface area contributed by atoms with E-state index in [0.29, 0.717) is 0 Å². The zero-order valence-corrected chi connectivity index (χ0v) is 19.5. The van der Waals surface area contributed by atoms with E-state index in [-0.39, 0.29) is 5.75 Å². The van der Waals surface area contributed by atoms with E-state index in [1.54, 1.807) is 18.2 Å². The fourth-order valence-electron chi connectivity index (χ4n) is 3.38. The Morgan fingerprint density at radius 3 is 2.47 bits per heavy atom. The molecule has 0 bridgehead atoms. The Morgan fingerprint density at radius 2 is 1.85 bits per heavy atom. The highest BCUT2D eigenvalue weighted by Gasteiger charge is 2.49. The summed E-state index contributed by atoms with van der Waals surface area (Å²) in [5, 5.41) is 23.5. The first-order chi connectivity index (χ1) is 16.0. The Hall–Kier alpha value is -2.80. The molecule has 2 heterocycles. The molecule has 1 saturated heterocycles. The summed E-state index contributed by atoms with van der Waals surface area (Å²) in [5.74, 6) is -0.550. The molecule has 4 N–H and O–H groups in total. The maximum atomic E-state index is 13.6. The number of H-pyrrole nitrogens is 1. The van der Waals surface area contributed by atoms with Gasteiger partial charge in [0.25, 0.3) is 5.56 Å². The highest BCUT2D eigenvalue weighted by molar-refractivity contribution is 7.52. The molecule has 0 radical (unpaired) electrons. The Balaban J connectivity index is 1.82. The number of aliphatic hydroxyl groups is 2. The van der Waals surface area contributed by atoms with Crippen molar-refractivity contribution in [2.75, 3.05) is 7.11 Å². The fourth-order valence-corrected chi connectivity index (χ4v) is 5.07. The lowest BCUT2D eigenvalue weighted by atomic mass is 10.1. The van der Waals surface area contributed by atoms with Crippen molar-refractivity contribution >= 4 is 13.7 Å². The number of hydrogen-bond donors (Lipinski definition) is 4. The van der Waals surface area contributed by atoms with Crippen molar-refractivity contribution in [3.8, 4) is 5.75 Å². The highest BCUT2D eigenvalue weighted by atomic mass is 31.2. The summed E-state index contributed by atoms with van der Waals surface area (Å²) in [4.78, 5) is 37.3. The summed E-state index contributed by atoms with van der Waals surface area (Å²) >= 11 is 0. The number of aromatic nitrogens is 2. The molecule has 0 saturated carbocycles. The summed E-state index contributed by atoms with van der Waals surface area (Å²) in [6.07, 6.45) is -5.80. The van der Waals surface area contributed by atoms with Crippen LogP contribution in [0.15, 0.2) is 52.2 Å². The number of ether oxygens (including phenoxy) is 2. The van der Waals surface area contributed by atoms with Crippen LogP contribution in [0.5, 0.6) is 5.75 Å². The van der Waals surface area contributed by atoms with Crippen LogP contribution in [0.1, 0.15) is 20.1 Å². The lowest BCUT2D eigenvalue weighted by Crippen LogP contribution is -2.41. The first-order valence-corrected chi connectivity index (χ1v) is 11.8. The average molecular weight is 499 g/mol. The number of esters is 1. The number of nitrogens with one attached hydrogen (secondary N) is 2. The quantitative estimate of drug-likeness (QED) is 0.267. The molecule has 0 spiro atoms. The molecule has 1 aromatic carbocycles. The van der Waals surface area contributed by atoms with Crippen molar-refractivity contribution in [2.24, 2.45) is 0 Å². The molecule has 3 rings (SSSR count). The van der Waals surface area contributed by atoms with Gasteiger partial charge in [-0.3, -0.25) is 23.7 Å². The van der Waals surface area contributed by atoms with E-state index in [4.69, 9.17) is 13.8 Å². The highest BCUT2D eigenvalue weighted by Crippen LogP contribution is 2.47. The third-order valence-electron chi connectivity index (χ3n) is 5.04. The summed E-state index contributed by atoms with van der Waals surface area (Å²) < 4.78 is 35.9. The molecule has 1 aliphatic rings. The Bertz CT molecular complexity index is 1150. The molecule has 0 amide bonds. The van der Waals surface area contributed by atoms with Crippen LogP contribution in [0, 0.1) is 0 Å². The van der Waals surface area contributed by atoms with Gasteiger partial charge in [-0.2, -0.15) is 5.09 Å².